The van der Waals surface area contributed by atoms with Crippen LogP contribution in [-0.4, -0.2) is 85.7 Å². The van der Waals surface area contributed by atoms with E-state index in [1.807, 2.05) is 12.2 Å². The Balaban J connectivity index is 1.84. The minimum absolute atomic E-state index is 0.0317. The molecule has 18 nitrogen and oxygen atoms in total. The molecule has 3 unspecified atom stereocenters. The number of aliphatic hydroxyl groups excluding tert-OH is 2. The van der Waals surface area contributed by atoms with E-state index in [1.54, 1.807) is 0 Å². The largest absolute Gasteiger partial charge is 0.481 e. The van der Waals surface area contributed by atoms with Gasteiger partial charge in [-0.15, -0.1) is 0 Å². The minimum Gasteiger partial charge on any atom is -0.462 e. The van der Waals surface area contributed by atoms with Crippen LogP contribution in [0.15, 0.2) is 102 Å². The van der Waals surface area contributed by atoms with Gasteiger partial charge in [-0.3, -0.25) is 23.2 Å². The van der Waals surface area contributed by atoms with Crippen LogP contribution in [0.4, 0.5) is 5.82 Å². The number of hydrogen-bond donors (Lipinski definition) is 5. The van der Waals surface area contributed by atoms with Gasteiger partial charge in [-0.05, 0) is 89.5 Å². The minimum atomic E-state index is -5.44. The van der Waals surface area contributed by atoms with Crippen molar-refractivity contribution in [2.75, 3.05) is 25.6 Å². The molecule has 406 valence electrons. The predicted molar refractivity (Wildman–Crippen MR) is 279 cm³/mol. The SMILES string of the molecule is CC/C=C\C/C=C\C/C=C\C/C=C\CCCCCCC(=O)OC[C@H](COP(=O)(O)OP(=O)(O)OC[C@H]1O[C@@H](n2ccc(N)nc2=O)C(O)[C@H]1O)OC(=O)CCC/C=C\C/C=C\C/C=C\CCCCCCCC. The maximum absolute atomic E-state index is 12.9. The number of allylic oxidation sites excluding steroid dienone is 14. The molecule has 7 atom stereocenters. The number of carbonyl (C=O) groups excluding carboxylic acids is 2. The number of aromatic nitrogens is 2. The first-order valence-electron chi connectivity index (χ1n) is 25.6. The molecule has 0 saturated carbocycles. The molecule has 1 saturated heterocycles. The third-order valence-corrected chi connectivity index (χ3v) is 13.6. The second-order valence-electron chi connectivity index (χ2n) is 17.3. The number of anilines is 1. The number of carbonyl (C=O) groups is 2. The van der Waals surface area contributed by atoms with E-state index in [0.717, 1.165) is 81.4 Å². The average Bonchev–Trinajstić information content (AvgIpc) is 3.62. The van der Waals surface area contributed by atoms with Gasteiger partial charge in [-0.2, -0.15) is 9.29 Å². The molecule has 1 aliphatic rings. The van der Waals surface area contributed by atoms with Gasteiger partial charge in [0.05, 0.1) is 13.2 Å². The smallest absolute Gasteiger partial charge is 0.462 e. The van der Waals surface area contributed by atoms with Crippen LogP contribution in [0.25, 0.3) is 0 Å². The first kappa shape index (κ1) is 64.1. The van der Waals surface area contributed by atoms with Crippen LogP contribution in [0.2, 0.25) is 0 Å². The van der Waals surface area contributed by atoms with Crippen molar-refractivity contribution in [2.45, 2.75) is 186 Å². The molecule has 1 aromatic rings. The maximum atomic E-state index is 12.9. The number of aliphatic hydroxyl groups is 2. The highest BCUT2D eigenvalue weighted by Crippen LogP contribution is 2.60. The molecule has 1 aliphatic heterocycles. The van der Waals surface area contributed by atoms with Crippen molar-refractivity contribution in [1.82, 2.24) is 9.55 Å². The van der Waals surface area contributed by atoms with Crippen LogP contribution >= 0.6 is 15.6 Å². The number of unbranched alkanes of at least 4 members (excludes halogenated alkanes) is 11. The molecular weight excluding hydrogens is 969 g/mol. The number of phosphoric ester groups is 2. The van der Waals surface area contributed by atoms with Gasteiger partial charge in [-0.25, -0.2) is 13.9 Å². The van der Waals surface area contributed by atoms with E-state index >= 15 is 0 Å². The summed E-state index contributed by atoms with van der Waals surface area (Å²) >= 11 is 0. The van der Waals surface area contributed by atoms with Crippen molar-refractivity contribution >= 4 is 33.4 Å². The van der Waals surface area contributed by atoms with Gasteiger partial charge in [0.15, 0.2) is 12.3 Å². The molecule has 2 rings (SSSR count). The summed E-state index contributed by atoms with van der Waals surface area (Å²) in [7, 11) is -10.9. The summed E-state index contributed by atoms with van der Waals surface area (Å²) in [6.45, 7) is 1.96. The highest BCUT2D eigenvalue weighted by molar-refractivity contribution is 7.61. The van der Waals surface area contributed by atoms with Gasteiger partial charge in [0.2, 0.25) is 0 Å². The van der Waals surface area contributed by atoms with Gasteiger partial charge in [0, 0.05) is 19.0 Å². The zero-order valence-electron chi connectivity index (χ0n) is 42.4. The molecule has 0 spiro atoms. The Labute approximate surface area is 427 Å². The Morgan fingerprint density at radius 3 is 1.75 bits per heavy atom. The third kappa shape index (κ3) is 31.5. The molecule has 6 N–H and O–H groups in total. The van der Waals surface area contributed by atoms with Gasteiger partial charge in [-0.1, -0.05) is 144 Å². The predicted octanol–water partition coefficient (Wildman–Crippen LogP) is 10.7. The van der Waals surface area contributed by atoms with E-state index < -0.39 is 83.7 Å². The Hall–Kier alpha value is -4.06. The lowest BCUT2D eigenvalue weighted by Crippen LogP contribution is -2.36. The number of nitrogens with zero attached hydrogens (tertiary/aromatic N) is 2. The molecule has 0 radical (unpaired) electrons. The fourth-order valence-electron chi connectivity index (χ4n) is 7.02. The van der Waals surface area contributed by atoms with E-state index in [4.69, 9.17) is 29.0 Å². The fourth-order valence-corrected chi connectivity index (χ4v) is 9.14. The van der Waals surface area contributed by atoms with Crippen LogP contribution < -0.4 is 11.4 Å². The van der Waals surface area contributed by atoms with E-state index in [9.17, 15) is 43.5 Å². The highest BCUT2D eigenvalue weighted by atomic mass is 31.3. The van der Waals surface area contributed by atoms with Gasteiger partial charge in [0.1, 0.15) is 30.7 Å². The lowest BCUT2D eigenvalue weighted by Gasteiger charge is -2.21. The van der Waals surface area contributed by atoms with Gasteiger partial charge in [0.25, 0.3) is 0 Å². The normalized spacial score (nSPS) is 19.8. The Morgan fingerprint density at radius 1 is 0.681 bits per heavy atom. The molecule has 0 aromatic carbocycles. The van der Waals surface area contributed by atoms with Crippen molar-refractivity contribution in [3.63, 3.8) is 0 Å². The second kappa shape index (κ2) is 39.4. The van der Waals surface area contributed by atoms with Crippen molar-refractivity contribution < 1.29 is 66.3 Å². The number of phosphoric acid groups is 2. The van der Waals surface area contributed by atoms with Crippen molar-refractivity contribution in [2.24, 2.45) is 0 Å². The van der Waals surface area contributed by atoms with Gasteiger partial charge < -0.3 is 39.9 Å². The first-order valence-corrected chi connectivity index (χ1v) is 28.6. The molecule has 0 bridgehead atoms. The van der Waals surface area contributed by atoms with Crippen LogP contribution in [0, 0.1) is 0 Å². The summed E-state index contributed by atoms with van der Waals surface area (Å²) in [5.74, 6) is -1.40. The van der Waals surface area contributed by atoms with E-state index in [2.05, 4.69) is 96.1 Å². The molecular formula is C52H83N3O15P2. The lowest BCUT2D eigenvalue weighted by atomic mass is 10.1. The molecule has 1 aromatic heterocycles. The van der Waals surface area contributed by atoms with E-state index in [0.29, 0.717) is 19.3 Å². The van der Waals surface area contributed by atoms with Crippen LogP contribution in [0.1, 0.15) is 161 Å². The zero-order valence-corrected chi connectivity index (χ0v) is 44.2. The second-order valence-corrected chi connectivity index (χ2v) is 20.3. The average molecular weight is 1050 g/mol. The fraction of sp³-hybridized carbons (Fsp3) is 0.615. The van der Waals surface area contributed by atoms with Crippen molar-refractivity contribution in [3.8, 4) is 0 Å². The zero-order chi connectivity index (χ0) is 52.7. The summed E-state index contributed by atoms with van der Waals surface area (Å²) in [6, 6.07) is 1.24. The van der Waals surface area contributed by atoms with Crippen LogP contribution in [0.5, 0.6) is 0 Å². The van der Waals surface area contributed by atoms with Crippen molar-refractivity contribution in [1.29, 1.82) is 0 Å². The Morgan fingerprint density at radius 2 is 1.18 bits per heavy atom. The monoisotopic (exact) mass is 1050 g/mol. The number of hydrogen-bond acceptors (Lipinski definition) is 15. The summed E-state index contributed by atoms with van der Waals surface area (Å²) in [5, 5.41) is 20.9. The maximum Gasteiger partial charge on any atom is 0.481 e. The topological polar surface area (TPSA) is 265 Å². The quantitative estimate of drug-likeness (QED) is 0.0177. The lowest BCUT2D eigenvalue weighted by molar-refractivity contribution is -0.161. The molecule has 1 fully saturated rings. The van der Waals surface area contributed by atoms with E-state index in [-0.39, 0.29) is 18.7 Å². The molecule has 0 amide bonds. The van der Waals surface area contributed by atoms with Crippen molar-refractivity contribution in [3.05, 3.63) is 108 Å². The molecule has 2 heterocycles. The molecule has 72 heavy (non-hydrogen) atoms. The number of esters is 2. The number of nitrogen functional groups attached to an aromatic ring is 1. The summed E-state index contributed by atoms with van der Waals surface area (Å²) in [6.07, 6.45) is 42.4. The van der Waals surface area contributed by atoms with Crippen LogP contribution in [0.3, 0.4) is 0 Å². The summed E-state index contributed by atoms with van der Waals surface area (Å²) < 4.78 is 56.7. The number of nitrogens with two attached hydrogens (primary N) is 1. The van der Waals surface area contributed by atoms with Gasteiger partial charge >= 0.3 is 33.3 Å². The summed E-state index contributed by atoms with van der Waals surface area (Å²) in [5.41, 5.74) is 4.58. The van der Waals surface area contributed by atoms with Crippen LogP contribution in [-0.2, 0) is 46.3 Å². The Kier molecular flexibility index (Phi) is 35.1. The highest BCUT2D eigenvalue weighted by Gasteiger charge is 2.46. The first-order chi connectivity index (χ1) is 34.7. The standard InChI is InChI=1S/C52H83N3O15P2/c1-3-5-7-9-11-13-15-17-19-21-23-25-27-29-31-33-35-37-47(56)65-41-44(68-48(57)38-36-34-32-30-28-26-24-22-20-18-16-14-12-10-8-6-4-2)42-66-71(61,62)70-72(63,64)67-43-45-49(58)50(59)51(69-45)55-40-39-46(53)54-52(55)60/h5,7,11,13,17-20,23-26,30,32,39-40,44-45,49-51,58-59H,3-4,6,8-10,12,14-16,21-22,27-29,31,33-38,41-43H2,1-2H3,(H,61,62)(H,63,64)(H2,53,54,60)/b7-5-,13-11-,19-17-,20-18-,25-23-,26-24-,32-30-/t44-,45-,49+,50?,51-/m1/s1. The molecule has 0 aliphatic carbocycles. The third-order valence-electron chi connectivity index (χ3n) is 11.0. The number of ether oxygens (including phenoxy) is 3. The molecule has 20 heteroatoms. The summed E-state index contributed by atoms with van der Waals surface area (Å²) in [4.78, 5) is 61.9. The Bertz CT molecular complexity index is 2040. The van der Waals surface area contributed by atoms with E-state index in [1.165, 1.54) is 44.6 Å². The number of rotatable bonds is 41.